The Balaban J connectivity index is 2.09. The van der Waals surface area contributed by atoms with Gasteiger partial charge in [0.25, 0.3) is 0 Å². The first-order chi connectivity index (χ1) is 8.87. The first-order valence-electron chi connectivity index (χ1n) is 5.45. The van der Waals surface area contributed by atoms with E-state index in [0.717, 1.165) is 0 Å². The highest BCUT2D eigenvalue weighted by molar-refractivity contribution is 7.51. The van der Waals surface area contributed by atoms with Crippen molar-refractivity contribution in [2.24, 2.45) is 0 Å². The lowest BCUT2D eigenvalue weighted by Gasteiger charge is -2.14. The van der Waals surface area contributed by atoms with Gasteiger partial charge in [-0.2, -0.15) is 5.10 Å². The predicted octanol–water partition coefficient (Wildman–Crippen LogP) is -0.0512. The summed E-state index contributed by atoms with van der Waals surface area (Å²) in [5.41, 5.74) is 6.87. The summed E-state index contributed by atoms with van der Waals surface area (Å²) in [7, 11) is -4.15. The molecule has 0 aliphatic carbocycles. The zero-order valence-corrected chi connectivity index (χ0v) is 11.1. The number of nitrogens with zero attached hydrogens (tertiary/aromatic N) is 4. The molecule has 0 unspecified atom stereocenters. The third-order valence-electron chi connectivity index (χ3n) is 2.45. The second-order valence-electron chi connectivity index (χ2n) is 4.13. The van der Waals surface area contributed by atoms with Gasteiger partial charge in [0.05, 0.1) is 30.7 Å². The lowest BCUT2D eigenvalue weighted by atomic mass is 10.4. The fourth-order valence-corrected chi connectivity index (χ4v) is 2.07. The van der Waals surface area contributed by atoms with E-state index in [2.05, 4.69) is 15.2 Å². The highest BCUT2D eigenvalue weighted by Gasteiger charge is 2.16. The van der Waals surface area contributed by atoms with E-state index in [-0.39, 0.29) is 11.9 Å². The summed E-state index contributed by atoms with van der Waals surface area (Å²) < 4.78 is 17.5. The Kier molecular flexibility index (Phi) is 3.81. The Morgan fingerprint density at radius 1 is 1.58 bits per heavy atom. The van der Waals surface area contributed by atoms with Gasteiger partial charge in [0.2, 0.25) is 0 Å². The van der Waals surface area contributed by atoms with Crippen molar-refractivity contribution < 1.29 is 19.1 Å². The van der Waals surface area contributed by atoms with Crippen molar-refractivity contribution in [3.05, 3.63) is 12.5 Å². The molecule has 0 spiro atoms. The number of nitrogens with two attached hydrogens (primary N) is 1. The molecular formula is C9H14N5O4P. The SMILES string of the molecule is C[C@H](Cn1cnc2c(N)nncc21)OCP(=O)(O)O. The van der Waals surface area contributed by atoms with E-state index < -0.39 is 13.9 Å². The number of aromatic nitrogens is 4. The number of hydrogen-bond donors (Lipinski definition) is 3. The third-order valence-corrected chi connectivity index (χ3v) is 2.93. The van der Waals surface area contributed by atoms with E-state index in [9.17, 15) is 4.57 Å². The van der Waals surface area contributed by atoms with Crippen LogP contribution in [0.5, 0.6) is 0 Å². The fourth-order valence-electron chi connectivity index (χ4n) is 1.62. The zero-order chi connectivity index (χ0) is 14.0. The average Bonchev–Trinajstić information content (AvgIpc) is 2.71. The molecule has 0 fully saturated rings. The number of hydrogen-bond acceptors (Lipinski definition) is 6. The van der Waals surface area contributed by atoms with E-state index in [0.29, 0.717) is 17.6 Å². The van der Waals surface area contributed by atoms with E-state index in [1.54, 1.807) is 17.8 Å². The molecule has 2 heterocycles. The van der Waals surface area contributed by atoms with Crippen LogP contribution in [0.2, 0.25) is 0 Å². The van der Waals surface area contributed by atoms with Gasteiger partial charge in [-0.15, -0.1) is 5.10 Å². The molecule has 0 radical (unpaired) electrons. The molecule has 0 aliphatic rings. The molecule has 10 heteroatoms. The first-order valence-corrected chi connectivity index (χ1v) is 7.25. The molecule has 0 aliphatic heterocycles. The molecule has 0 bridgehead atoms. The van der Waals surface area contributed by atoms with Crippen LogP contribution >= 0.6 is 7.60 Å². The minimum Gasteiger partial charge on any atom is -0.380 e. The molecule has 2 aromatic rings. The summed E-state index contributed by atoms with van der Waals surface area (Å²) in [6.45, 7) is 2.08. The normalized spacial score (nSPS) is 13.8. The van der Waals surface area contributed by atoms with Crippen molar-refractivity contribution in [3.63, 3.8) is 0 Å². The van der Waals surface area contributed by atoms with Crippen LogP contribution < -0.4 is 5.73 Å². The highest BCUT2D eigenvalue weighted by atomic mass is 31.2. The Bertz CT molecular complexity index is 624. The lowest BCUT2D eigenvalue weighted by Crippen LogP contribution is -2.17. The standard InChI is InChI=1S/C9H14N5O4P/c1-6(18-5-19(15,16)17)3-14-4-11-8-7(14)2-12-13-9(8)10/h2,4,6H,3,5H2,1H3,(H2,10,13)(H2,15,16,17)/t6-/m1/s1. The number of nitrogen functional groups attached to an aromatic ring is 1. The maximum Gasteiger partial charge on any atom is 0.350 e. The monoisotopic (exact) mass is 287 g/mol. The molecule has 2 aromatic heterocycles. The first kappa shape index (κ1) is 13.9. The van der Waals surface area contributed by atoms with E-state index in [4.69, 9.17) is 20.3 Å². The van der Waals surface area contributed by atoms with Crippen LogP contribution in [-0.4, -0.2) is 42.0 Å². The molecule has 19 heavy (non-hydrogen) atoms. The van der Waals surface area contributed by atoms with Gasteiger partial charge in [0.1, 0.15) is 11.9 Å². The number of imidazole rings is 1. The largest absolute Gasteiger partial charge is 0.380 e. The van der Waals surface area contributed by atoms with Crippen molar-refractivity contribution in [2.75, 3.05) is 12.1 Å². The molecule has 0 aromatic carbocycles. The van der Waals surface area contributed by atoms with Gasteiger partial charge in [-0.3, -0.25) is 4.57 Å². The van der Waals surface area contributed by atoms with Crippen molar-refractivity contribution in [1.82, 2.24) is 19.7 Å². The maximum absolute atomic E-state index is 10.7. The summed E-state index contributed by atoms with van der Waals surface area (Å²) in [5, 5.41) is 7.42. The minimum absolute atomic E-state index is 0.236. The molecule has 1 atom stereocenters. The van der Waals surface area contributed by atoms with Crippen LogP contribution in [0.4, 0.5) is 5.82 Å². The molecule has 104 valence electrons. The molecule has 2 rings (SSSR count). The maximum atomic E-state index is 10.7. The number of rotatable bonds is 5. The number of anilines is 1. The molecule has 0 saturated heterocycles. The second kappa shape index (κ2) is 5.22. The van der Waals surface area contributed by atoms with Gasteiger partial charge in [-0.05, 0) is 6.92 Å². The molecule has 0 saturated carbocycles. The summed E-state index contributed by atoms with van der Waals surface area (Å²) in [4.78, 5) is 21.6. The van der Waals surface area contributed by atoms with Crippen LogP contribution in [0.15, 0.2) is 12.5 Å². The van der Waals surface area contributed by atoms with Crippen molar-refractivity contribution in [2.45, 2.75) is 19.6 Å². The van der Waals surface area contributed by atoms with E-state index in [1.807, 2.05) is 0 Å². The summed E-state index contributed by atoms with van der Waals surface area (Å²) in [6.07, 6.45) is 2.08. The van der Waals surface area contributed by atoms with Crippen LogP contribution in [0.25, 0.3) is 11.0 Å². The Morgan fingerprint density at radius 3 is 3.00 bits per heavy atom. The predicted molar refractivity (Wildman–Crippen MR) is 67.2 cm³/mol. The van der Waals surface area contributed by atoms with Crippen molar-refractivity contribution >= 4 is 24.4 Å². The van der Waals surface area contributed by atoms with Crippen molar-refractivity contribution in [1.29, 1.82) is 0 Å². The minimum atomic E-state index is -4.15. The van der Waals surface area contributed by atoms with Crippen LogP contribution in [0.3, 0.4) is 0 Å². The average molecular weight is 287 g/mol. The fraction of sp³-hybridized carbons (Fsp3) is 0.444. The summed E-state index contributed by atoms with van der Waals surface area (Å²) in [5.74, 6) is 0.236. The topological polar surface area (TPSA) is 136 Å². The highest BCUT2D eigenvalue weighted by Crippen LogP contribution is 2.34. The smallest absolute Gasteiger partial charge is 0.350 e. The van der Waals surface area contributed by atoms with Crippen LogP contribution in [0.1, 0.15) is 6.92 Å². The quantitative estimate of drug-likeness (QED) is 0.651. The van der Waals surface area contributed by atoms with Crippen molar-refractivity contribution in [3.8, 4) is 0 Å². The molecular weight excluding hydrogens is 273 g/mol. The second-order valence-corrected chi connectivity index (χ2v) is 5.72. The summed E-state index contributed by atoms with van der Waals surface area (Å²) >= 11 is 0. The van der Waals surface area contributed by atoms with Gasteiger partial charge < -0.3 is 24.8 Å². The Morgan fingerprint density at radius 2 is 2.32 bits per heavy atom. The number of fused-ring (bicyclic) bond motifs is 1. The zero-order valence-electron chi connectivity index (χ0n) is 10.2. The number of ether oxygens (including phenoxy) is 1. The third kappa shape index (κ3) is 3.48. The van der Waals surface area contributed by atoms with E-state index >= 15 is 0 Å². The Hall–Kier alpha value is -1.54. The molecule has 0 amide bonds. The molecule has 4 N–H and O–H groups in total. The summed E-state index contributed by atoms with van der Waals surface area (Å²) in [6, 6.07) is 0. The van der Waals surface area contributed by atoms with Gasteiger partial charge in [0.15, 0.2) is 5.82 Å². The van der Waals surface area contributed by atoms with Gasteiger partial charge in [-0.1, -0.05) is 0 Å². The van der Waals surface area contributed by atoms with Gasteiger partial charge in [0, 0.05) is 0 Å². The van der Waals surface area contributed by atoms with Crippen LogP contribution in [0, 0.1) is 0 Å². The molecule has 9 nitrogen and oxygen atoms in total. The lowest BCUT2D eigenvalue weighted by molar-refractivity contribution is 0.0765. The Labute approximate surface area is 108 Å². The van der Waals surface area contributed by atoms with E-state index in [1.165, 1.54) is 6.20 Å². The van der Waals surface area contributed by atoms with Crippen LogP contribution in [-0.2, 0) is 15.8 Å². The van der Waals surface area contributed by atoms with Gasteiger partial charge >= 0.3 is 7.60 Å². The van der Waals surface area contributed by atoms with Gasteiger partial charge in [-0.25, -0.2) is 4.98 Å².